The van der Waals surface area contributed by atoms with Crippen LogP contribution in [0.3, 0.4) is 0 Å². The fraction of sp³-hybridized carbons (Fsp3) is 0.176. The van der Waals surface area contributed by atoms with Crippen molar-refractivity contribution < 1.29 is 24.4 Å². The zero-order valence-corrected chi connectivity index (χ0v) is 13.3. The molecule has 0 aliphatic carbocycles. The molecule has 0 aromatic heterocycles. The number of nitro groups is 1. The summed E-state index contributed by atoms with van der Waals surface area (Å²) in [7, 11) is 1.50. The summed E-state index contributed by atoms with van der Waals surface area (Å²) in [6.45, 7) is 0. The molecule has 0 heterocycles. The lowest BCUT2D eigenvalue weighted by Crippen LogP contribution is -2.34. The van der Waals surface area contributed by atoms with Gasteiger partial charge < -0.3 is 20.0 Å². The minimum absolute atomic E-state index is 0.141. The summed E-state index contributed by atoms with van der Waals surface area (Å²) in [5.74, 6) is -1.26. The van der Waals surface area contributed by atoms with E-state index >= 15 is 0 Å². The Morgan fingerprint density at radius 2 is 1.72 bits per heavy atom. The zero-order chi connectivity index (χ0) is 18.4. The molecule has 2 rings (SSSR count). The number of carboxylic acids is 1. The molecule has 0 bridgehead atoms. The summed E-state index contributed by atoms with van der Waals surface area (Å²) in [5.41, 5.74) is 0.612. The van der Waals surface area contributed by atoms with Crippen molar-refractivity contribution in [1.82, 2.24) is 5.32 Å². The number of hydrogen-bond acceptors (Lipinski definition) is 6. The van der Waals surface area contributed by atoms with Gasteiger partial charge in [0.25, 0.3) is 11.6 Å². The van der Waals surface area contributed by atoms with E-state index in [1.54, 1.807) is 24.3 Å². The van der Waals surface area contributed by atoms with E-state index < -0.39 is 29.3 Å². The number of carboxylic acid groups (broad SMARTS) is 1. The quantitative estimate of drug-likeness (QED) is 0.596. The van der Waals surface area contributed by atoms with E-state index in [1.807, 2.05) is 0 Å². The second-order valence-corrected chi connectivity index (χ2v) is 5.18. The van der Waals surface area contributed by atoms with Crippen molar-refractivity contribution in [3.8, 4) is 5.75 Å². The summed E-state index contributed by atoms with van der Waals surface area (Å²) < 4.78 is 5.04. The Kier molecular flexibility index (Phi) is 5.67. The van der Waals surface area contributed by atoms with Crippen molar-refractivity contribution in [2.75, 3.05) is 7.11 Å². The van der Waals surface area contributed by atoms with E-state index in [0.29, 0.717) is 11.3 Å². The zero-order valence-electron chi connectivity index (χ0n) is 13.3. The van der Waals surface area contributed by atoms with Gasteiger partial charge in [-0.25, -0.2) is 0 Å². The second kappa shape index (κ2) is 7.91. The van der Waals surface area contributed by atoms with Crippen LogP contribution in [0.1, 0.15) is 28.4 Å². The number of nitro benzene ring substituents is 1. The summed E-state index contributed by atoms with van der Waals surface area (Å²) in [4.78, 5) is 33.3. The minimum Gasteiger partial charge on any atom is -0.550 e. The highest BCUT2D eigenvalue weighted by molar-refractivity contribution is 5.94. The average Bonchev–Trinajstić information content (AvgIpc) is 2.61. The molecule has 2 aromatic carbocycles. The molecule has 1 amide bonds. The number of non-ortho nitro benzene ring substituents is 1. The van der Waals surface area contributed by atoms with Crippen LogP contribution in [0.15, 0.2) is 48.5 Å². The molecule has 25 heavy (non-hydrogen) atoms. The molecule has 0 saturated carbocycles. The first-order valence-corrected chi connectivity index (χ1v) is 7.30. The van der Waals surface area contributed by atoms with Gasteiger partial charge in [-0.3, -0.25) is 14.9 Å². The van der Waals surface area contributed by atoms with Crippen LogP contribution in [0, 0.1) is 10.1 Å². The van der Waals surface area contributed by atoms with E-state index in [-0.39, 0.29) is 11.3 Å². The first kappa shape index (κ1) is 17.9. The van der Waals surface area contributed by atoms with Crippen LogP contribution < -0.4 is 15.2 Å². The molecule has 0 aliphatic heterocycles. The Labute approximate surface area is 143 Å². The molecule has 8 nitrogen and oxygen atoms in total. The largest absolute Gasteiger partial charge is 0.550 e. The molecule has 0 saturated heterocycles. The Bertz CT molecular complexity index is 771. The molecule has 1 atom stereocenters. The highest BCUT2D eigenvalue weighted by atomic mass is 16.6. The van der Waals surface area contributed by atoms with E-state index in [2.05, 4.69) is 5.32 Å². The fourth-order valence-corrected chi connectivity index (χ4v) is 2.23. The summed E-state index contributed by atoms with van der Waals surface area (Å²) in [6, 6.07) is 10.8. The number of carbonyl (C=O) groups is 2. The minimum atomic E-state index is -1.31. The Balaban J connectivity index is 2.18. The van der Waals surface area contributed by atoms with Crippen molar-refractivity contribution in [1.29, 1.82) is 0 Å². The van der Waals surface area contributed by atoms with Crippen molar-refractivity contribution in [2.45, 2.75) is 12.5 Å². The third-order valence-corrected chi connectivity index (χ3v) is 3.53. The molecule has 2 aromatic rings. The van der Waals surface area contributed by atoms with E-state index in [1.165, 1.54) is 31.4 Å². The molecule has 8 heteroatoms. The normalized spacial score (nSPS) is 11.4. The topological polar surface area (TPSA) is 122 Å². The van der Waals surface area contributed by atoms with E-state index in [0.717, 1.165) is 0 Å². The van der Waals surface area contributed by atoms with E-state index in [4.69, 9.17) is 4.74 Å². The van der Waals surface area contributed by atoms with Crippen molar-refractivity contribution in [2.24, 2.45) is 0 Å². The maximum absolute atomic E-state index is 12.3. The van der Waals surface area contributed by atoms with Gasteiger partial charge in [0.15, 0.2) is 0 Å². The number of hydrogen-bond donors (Lipinski definition) is 1. The first-order valence-electron chi connectivity index (χ1n) is 7.30. The van der Waals surface area contributed by atoms with Gasteiger partial charge in [-0.15, -0.1) is 0 Å². The number of nitrogens with one attached hydrogen (secondary N) is 1. The van der Waals surface area contributed by atoms with Crippen molar-refractivity contribution in [3.63, 3.8) is 0 Å². The van der Waals surface area contributed by atoms with Gasteiger partial charge >= 0.3 is 0 Å². The van der Waals surface area contributed by atoms with Gasteiger partial charge in [0, 0.05) is 30.1 Å². The Morgan fingerprint density at radius 1 is 1.12 bits per heavy atom. The molecule has 0 radical (unpaired) electrons. The highest BCUT2D eigenvalue weighted by Crippen LogP contribution is 2.21. The van der Waals surface area contributed by atoms with Crippen LogP contribution in [0.25, 0.3) is 0 Å². The number of nitrogens with zero attached hydrogens (tertiary/aromatic N) is 1. The number of ether oxygens (including phenoxy) is 1. The number of methoxy groups -OCH3 is 1. The summed E-state index contributed by atoms with van der Waals surface area (Å²) in [5, 5.41) is 24.2. The number of amides is 1. The first-order chi connectivity index (χ1) is 11.9. The third-order valence-electron chi connectivity index (χ3n) is 3.53. The Hall–Kier alpha value is -3.42. The molecule has 0 spiro atoms. The standard InChI is InChI=1S/C17H16N2O6/c1-25-14-8-4-11(5-9-14)15(10-16(20)21)18-17(22)12-2-6-13(7-3-12)19(23)24/h2-9,15H,10H2,1H3,(H,18,22)(H,20,21)/p-1/t15-/m0/s1. The van der Waals surface area contributed by atoms with Gasteiger partial charge in [-0.1, -0.05) is 12.1 Å². The molecule has 1 N–H and O–H groups in total. The highest BCUT2D eigenvalue weighted by Gasteiger charge is 2.17. The molecule has 130 valence electrons. The number of benzene rings is 2. The fourth-order valence-electron chi connectivity index (χ4n) is 2.23. The summed E-state index contributed by atoms with van der Waals surface area (Å²) in [6.07, 6.45) is -0.412. The SMILES string of the molecule is COc1ccc([C@H](CC(=O)[O-])NC(=O)c2ccc([N+](=O)[O-])cc2)cc1. The van der Waals surface area contributed by atoms with Gasteiger partial charge in [0.2, 0.25) is 0 Å². The average molecular weight is 343 g/mol. The van der Waals surface area contributed by atoms with Crippen LogP contribution >= 0.6 is 0 Å². The lowest BCUT2D eigenvalue weighted by molar-refractivity contribution is -0.384. The maximum Gasteiger partial charge on any atom is 0.269 e. The Morgan fingerprint density at radius 3 is 2.20 bits per heavy atom. The molecular weight excluding hydrogens is 328 g/mol. The smallest absolute Gasteiger partial charge is 0.269 e. The lowest BCUT2D eigenvalue weighted by atomic mass is 10.0. The van der Waals surface area contributed by atoms with Crippen LogP contribution in [-0.2, 0) is 4.79 Å². The van der Waals surface area contributed by atoms with Crippen LogP contribution in [-0.4, -0.2) is 23.9 Å². The predicted molar refractivity (Wildman–Crippen MR) is 85.9 cm³/mol. The van der Waals surface area contributed by atoms with Crippen LogP contribution in [0.2, 0.25) is 0 Å². The van der Waals surface area contributed by atoms with Gasteiger partial charge in [-0.2, -0.15) is 0 Å². The molecule has 0 fully saturated rings. The summed E-state index contributed by atoms with van der Waals surface area (Å²) >= 11 is 0. The lowest BCUT2D eigenvalue weighted by Gasteiger charge is -2.20. The van der Waals surface area contributed by atoms with E-state index in [9.17, 15) is 24.8 Å². The van der Waals surface area contributed by atoms with Crippen molar-refractivity contribution >= 4 is 17.6 Å². The van der Waals surface area contributed by atoms with Gasteiger partial charge in [-0.05, 0) is 29.8 Å². The molecule has 0 aliphatic rings. The second-order valence-electron chi connectivity index (χ2n) is 5.18. The van der Waals surface area contributed by atoms with Crippen LogP contribution in [0.4, 0.5) is 5.69 Å². The van der Waals surface area contributed by atoms with Gasteiger partial charge in [0.05, 0.1) is 18.1 Å². The third kappa shape index (κ3) is 4.77. The van der Waals surface area contributed by atoms with Gasteiger partial charge in [0.1, 0.15) is 5.75 Å². The van der Waals surface area contributed by atoms with Crippen LogP contribution in [0.5, 0.6) is 5.75 Å². The predicted octanol–water partition coefficient (Wildman–Crippen LogP) is 1.21. The maximum atomic E-state index is 12.3. The number of carbonyl (C=O) groups excluding carboxylic acids is 2. The number of aliphatic carboxylic acids is 1. The number of rotatable bonds is 7. The molecule has 0 unspecified atom stereocenters. The van der Waals surface area contributed by atoms with Crippen molar-refractivity contribution in [3.05, 3.63) is 69.8 Å². The molecular formula is C17H15N2O6-. The monoisotopic (exact) mass is 343 g/mol.